The predicted molar refractivity (Wildman–Crippen MR) is 96.2 cm³/mol. The fourth-order valence-corrected chi connectivity index (χ4v) is 3.35. The van der Waals surface area contributed by atoms with Gasteiger partial charge in [-0.15, -0.1) is 16.8 Å². The Morgan fingerprint density at radius 3 is 2.92 bits per heavy atom. The first-order chi connectivity index (χ1) is 11.7. The lowest BCUT2D eigenvalue weighted by molar-refractivity contribution is -0.118. The molecular weight excluding hydrogens is 344 g/mol. The second kappa shape index (κ2) is 7.85. The van der Waals surface area contributed by atoms with Gasteiger partial charge in [-0.05, 0) is 24.5 Å². The van der Waals surface area contributed by atoms with E-state index in [1.54, 1.807) is 0 Å². The average Bonchev–Trinajstić information content (AvgIpc) is 3.35. The number of nitrogens with zero attached hydrogens (tertiary/aromatic N) is 3. The van der Waals surface area contributed by atoms with E-state index in [1.807, 2.05) is 30.3 Å². The minimum absolute atomic E-state index is 0.0546. The van der Waals surface area contributed by atoms with E-state index in [4.69, 9.17) is 11.6 Å². The van der Waals surface area contributed by atoms with E-state index in [1.165, 1.54) is 11.8 Å². The fraction of sp³-hybridized carbons (Fsp3) is 0.353. The van der Waals surface area contributed by atoms with Crippen molar-refractivity contribution in [3.8, 4) is 0 Å². The summed E-state index contributed by atoms with van der Waals surface area (Å²) >= 11 is 7.48. The zero-order valence-corrected chi connectivity index (χ0v) is 14.8. The molecule has 0 saturated heterocycles. The highest BCUT2D eigenvalue weighted by atomic mass is 35.5. The molecule has 2 aromatic rings. The molecule has 0 atom stereocenters. The fourth-order valence-electron chi connectivity index (χ4n) is 2.37. The number of amides is 1. The van der Waals surface area contributed by atoms with Crippen molar-refractivity contribution in [3.63, 3.8) is 0 Å². The Morgan fingerprint density at radius 2 is 2.21 bits per heavy atom. The molecule has 7 heteroatoms. The maximum absolute atomic E-state index is 12.1. The van der Waals surface area contributed by atoms with Crippen molar-refractivity contribution in [1.29, 1.82) is 0 Å². The molecule has 1 heterocycles. The summed E-state index contributed by atoms with van der Waals surface area (Å²) < 4.78 is 2.05. The van der Waals surface area contributed by atoms with Crippen molar-refractivity contribution in [2.24, 2.45) is 0 Å². The zero-order valence-electron chi connectivity index (χ0n) is 13.2. The molecule has 1 N–H and O–H groups in total. The maximum Gasteiger partial charge on any atom is 0.230 e. The van der Waals surface area contributed by atoms with Gasteiger partial charge < -0.3 is 9.88 Å². The lowest BCUT2D eigenvalue weighted by Gasteiger charge is -2.08. The number of nitrogens with one attached hydrogen (secondary N) is 1. The van der Waals surface area contributed by atoms with Crippen LogP contribution >= 0.6 is 23.4 Å². The summed E-state index contributed by atoms with van der Waals surface area (Å²) in [4.78, 5) is 12.1. The lowest BCUT2D eigenvalue weighted by atomic mass is 10.2. The Balaban J connectivity index is 1.54. The van der Waals surface area contributed by atoms with Crippen LogP contribution in [0.25, 0.3) is 0 Å². The second-order valence-electron chi connectivity index (χ2n) is 5.67. The zero-order chi connectivity index (χ0) is 16.9. The SMILES string of the molecule is C=CCn1c(SCC(=O)NCc2ccccc2Cl)nnc1C1CC1. The molecule has 1 aliphatic carbocycles. The topological polar surface area (TPSA) is 59.8 Å². The van der Waals surface area contributed by atoms with Crippen LogP contribution in [0.15, 0.2) is 42.1 Å². The minimum Gasteiger partial charge on any atom is -0.351 e. The molecule has 5 nitrogen and oxygen atoms in total. The third kappa shape index (κ3) is 4.19. The molecule has 0 spiro atoms. The summed E-state index contributed by atoms with van der Waals surface area (Å²) in [6.07, 6.45) is 4.16. The standard InChI is InChI=1S/C17H19ClN4OS/c1-2-9-22-16(12-7-8-12)20-21-17(22)24-11-15(23)19-10-13-5-3-4-6-14(13)18/h2-6,12H,1,7-11H2,(H,19,23). The van der Waals surface area contributed by atoms with Crippen LogP contribution in [0.3, 0.4) is 0 Å². The van der Waals surface area contributed by atoms with Crippen LogP contribution in [0.4, 0.5) is 0 Å². The van der Waals surface area contributed by atoms with E-state index >= 15 is 0 Å². The smallest absolute Gasteiger partial charge is 0.230 e. The molecule has 0 bridgehead atoms. The largest absolute Gasteiger partial charge is 0.351 e. The van der Waals surface area contributed by atoms with Crippen molar-refractivity contribution >= 4 is 29.3 Å². The summed E-state index contributed by atoms with van der Waals surface area (Å²) in [6, 6.07) is 7.49. The van der Waals surface area contributed by atoms with Crippen molar-refractivity contribution in [1.82, 2.24) is 20.1 Å². The first-order valence-corrected chi connectivity index (χ1v) is 9.22. The number of carbonyl (C=O) groups excluding carboxylic acids is 1. The lowest BCUT2D eigenvalue weighted by Crippen LogP contribution is -2.24. The van der Waals surface area contributed by atoms with Crippen LogP contribution in [-0.2, 0) is 17.9 Å². The van der Waals surface area contributed by atoms with Gasteiger partial charge in [-0.1, -0.05) is 47.6 Å². The van der Waals surface area contributed by atoms with Gasteiger partial charge in [0.25, 0.3) is 0 Å². The van der Waals surface area contributed by atoms with E-state index in [0.29, 0.717) is 29.8 Å². The van der Waals surface area contributed by atoms with Gasteiger partial charge in [-0.25, -0.2) is 0 Å². The molecule has 1 amide bonds. The molecule has 1 saturated carbocycles. The minimum atomic E-state index is -0.0546. The van der Waals surface area contributed by atoms with Gasteiger partial charge in [0.05, 0.1) is 5.75 Å². The van der Waals surface area contributed by atoms with Gasteiger partial charge >= 0.3 is 0 Å². The first-order valence-electron chi connectivity index (χ1n) is 7.86. The molecular formula is C17H19ClN4OS. The van der Waals surface area contributed by atoms with Gasteiger partial charge in [-0.2, -0.15) is 0 Å². The number of halogens is 1. The van der Waals surface area contributed by atoms with E-state index in [9.17, 15) is 4.79 Å². The molecule has 24 heavy (non-hydrogen) atoms. The molecule has 1 aromatic heterocycles. The van der Waals surface area contributed by atoms with Gasteiger partial charge in [0.15, 0.2) is 5.16 Å². The Labute approximate surface area is 150 Å². The number of thioether (sulfide) groups is 1. The van der Waals surface area contributed by atoms with Crippen molar-refractivity contribution in [2.45, 2.75) is 37.0 Å². The summed E-state index contributed by atoms with van der Waals surface area (Å²) in [5, 5.41) is 12.8. The third-order valence-corrected chi connectivity index (χ3v) is 5.10. The number of benzene rings is 1. The maximum atomic E-state index is 12.1. The van der Waals surface area contributed by atoms with Crippen molar-refractivity contribution < 1.29 is 4.79 Å². The van der Waals surface area contributed by atoms with Gasteiger partial charge in [0.1, 0.15) is 5.82 Å². The quantitative estimate of drug-likeness (QED) is 0.577. The number of carbonyl (C=O) groups is 1. The molecule has 0 unspecified atom stereocenters. The number of hydrogen-bond acceptors (Lipinski definition) is 4. The number of allylic oxidation sites excluding steroid dienone is 1. The molecule has 1 fully saturated rings. The highest BCUT2D eigenvalue weighted by Crippen LogP contribution is 2.40. The molecule has 1 aromatic carbocycles. The summed E-state index contributed by atoms with van der Waals surface area (Å²) in [7, 11) is 0. The van der Waals surface area contributed by atoms with Gasteiger partial charge in [0.2, 0.25) is 5.91 Å². The van der Waals surface area contributed by atoms with Gasteiger partial charge in [0, 0.05) is 24.0 Å². The van der Waals surface area contributed by atoms with Crippen LogP contribution in [0.2, 0.25) is 5.02 Å². The van der Waals surface area contributed by atoms with Crippen LogP contribution in [-0.4, -0.2) is 26.4 Å². The van der Waals surface area contributed by atoms with E-state index in [2.05, 4.69) is 26.7 Å². The Morgan fingerprint density at radius 1 is 1.42 bits per heavy atom. The predicted octanol–water partition coefficient (Wildman–Crippen LogP) is 3.40. The van der Waals surface area contributed by atoms with E-state index in [-0.39, 0.29) is 5.91 Å². The summed E-state index contributed by atoms with van der Waals surface area (Å²) in [6.45, 7) is 4.88. The number of aromatic nitrogens is 3. The normalized spacial score (nSPS) is 13.7. The average molecular weight is 363 g/mol. The Kier molecular flexibility index (Phi) is 5.58. The molecule has 1 aliphatic rings. The number of rotatable bonds is 8. The van der Waals surface area contributed by atoms with E-state index < -0.39 is 0 Å². The molecule has 3 rings (SSSR count). The van der Waals surface area contributed by atoms with Gasteiger partial charge in [-0.3, -0.25) is 4.79 Å². The highest BCUT2D eigenvalue weighted by molar-refractivity contribution is 7.99. The number of hydrogen-bond donors (Lipinski definition) is 1. The third-order valence-electron chi connectivity index (χ3n) is 3.77. The highest BCUT2D eigenvalue weighted by Gasteiger charge is 2.30. The molecule has 0 radical (unpaired) electrons. The second-order valence-corrected chi connectivity index (χ2v) is 7.02. The Hall–Kier alpha value is -1.79. The summed E-state index contributed by atoms with van der Waals surface area (Å²) in [5.74, 6) is 1.76. The van der Waals surface area contributed by atoms with Crippen LogP contribution in [0, 0.1) is 0 Å². The van der Waals surface area contributed by atoms with Crippen molar-refractivity contribution in [3.05, 3.63) is 53.3 Å². The first kappa shape index (κ1) is 17.0. The van der Waals surface area contributed by atoms with Crippen molar-refractivity contribution in [2.75, 3.05) is 5.75 Å². The van der Waals surface area contributed by atoms with Crippen LogP contribution in [0.1, 0.15) is 30.1 Å². The molecule has 0 aliphatic heterocycles. The van der Waals surface area contributed by atoms with Crippen LogP contribution in [0.5, 0.6) is 0 Å². The monoisotopic (exact) mass is 362 g/mol. The molecule has 126 valence electrons. The Bertz CT molecular complexity index is 742. The van der Waals surface area contributed by atoms with E-state index in [0.717, 1.165) is 29.4 Å². The van der Waals surface area contributed by atoms with Crippen LogP contribution < -0.4 is 5.32 Å². The summed E-state index contributed by atoms with van der Waals surface area (Å²) in [5.41, 5.74) is 0.906.